The fraction of sp³-hybridized carbons (Fsp3) is 1.00. The highest BCUT2D eigenvalue weighted by Crippen LogP contribution is 2.24. The van der Waals surface area contributed by atoms with Crippen molar-refractivity contribution < 1.29 is 9.50 Å². The fourth-order valence-electron chi connectivity index (χ4n) is 1.46. The number of hydrogen-bond donors (Lipinski definition) is 3. The summed E-state index contributed by atoms with van der Waals surface area (Å²) in [5.74, 6) is -0.190. The Kier molecular flexibility index (Phi) is 2.47. The zero-order valence-electron chi connectivity index (χ0n) is 6.57. The summed E-state index contributed by atoms with van der Waals surface area (Å²) >= 11 is 0. The van der Waals surface area contributed by atoms with Gasteiger partial charge in [-0.15, -0.1) is 0 Å². The Bertz CT molecular complexity index is 130. The summed E-state index contributed by atoms with van der Waals surface area (Å²) in [4.78, 5) is 0. The van der Waals surface area contributed by atoms with Crippen molar-refractivity contribution in [2.75, 3.05) is 0 Å². The highest BCUT2D eigenvalue weighted by Gasteiger charge is 2.38. The average molecular weight is 162 g/mol. The second-order valence-corrected chi connectivity index (χ2v) is 3.36. The molecule has 66 valence electrons. The lowest BCUT2D eigenvalue weighted by atomic mass is 9.80. The number of aliphatic hydroxyl groups is 1. The van der Waals surface area contributed by atoms with Crippen molar-refractivity contribution in [2.45, 2.75) is 37.7 Å². The van der Waals surface area contributed by atoms with Crippen LogP contribution >= 0.6 is 0 Å². The summed E-state index contributed by atoms with van der Waals surface area (Å²) in [5.41, 5.74) is 11.0. The Labute approximate surface area is 65.6 Å². The predicted octanol–water partition coefficient (Wildman–Crippen LogP) is -0.620. The van der Waals surface area contributed by atoms with E-state index in [0.717, 1.165) is 0 Å². The number of rotatable bonds is 0. The van der Waals surface area contributed by atoms with E-state index in [-0.39, 0.29) is 12.0 Å². The molecule has 0 amide bonds. The molecule has 3 nitrogen and oxygen atoms in total. The van der Waals surface area contributed by atoms with Gasteiger partial charge in [-0.1, -0.05) is 6.92 Å². The van der Waals surface area contributed by atoms with E-state index in [0.29, 0.717) is 6.42 Å². The van der Waals surface area contributed by atoms with Crippen molar-refractivity contribution in [1.82, 2.24) is 0 Å². The Balaban J connectivity index is 2.63. The van der Waals surface area contributed by atoms with Gasteiger partial charge in [0.2, 0.25) is 0 Å². The maximum Gasteiger partial charge on any atom is 0.141 e. The van der Waals surface area contributed by atoms with Gasteiger partial charge in [0.1, 0.15) is 6.17 Å². The summed E-state index contributed by atoms with van der Waals surface area (Å²) in [6, 6.07) is -0.775. The Hall–Kier alpha value is -0.190. The molecule has 5 atom stereocenters. The first-order valence-electron chi connectivity index (χ1n) is 3.87. The Morgan fingerprint density at radius 1 is 1.36 bits per heavy atom. The largest absolute Gasteiger partial charge is 0.390 e. The number of halogens is 1. The molecule has 0 spiro atoms. The standard InChI is InChI=1S/C7H15FN2O/c1-3-4(9)2-5(10)6(8)7(3)11/h3-7,11H,2,9-10H2,1H3/t3-,4+,5-,6+,7+/m1/s1. The van der Waals surface area contributed by atoms with Gasteiger partial charge in [0.15, 0.2) is 0 Å². The lowest BCUT2D eigenvalue weighted by molar-refractivity contribution is -0.0143. The molecule has 0 radical (unpaired) electrons. The molecule has 1 saturated carbocycles. The monoisotopic (exact) mass is 162 g/mol. The number of nitrogens with two attached hydrogens (primary N) is 2. The second kappa shape index (κ2) is 3.05. The van der Waals surface area contributed by atoms with Crippen LogP contribution in [0.5, 0.6) is 0 Å². The van der Waals surface area contributed by atoms with Gasteiger partial charge in [0.05, 0.1) is 6.10 Å². The second-order valence-electron chi connectivity index (χ2n) is 3.36. The molecule has 0 aromatic rings. The maximum atomic E-state index is 13.0. The average Bonchev–Trinajstić information content (AvgIpc) is 1.97. The fourth-order valence-corrected chi connectivity index (χ4v) is 1.46. The van der Waals surface area contributed by atoms with Gasteiger partial charge in [-0.05, 0) is 6.42 Å². The molecule has 0 bridgehead atoms. The molecule has 1 fully saturated rings. The summed E-state index contributed by atoms with van der Waals surface area (Å²) in [5, 5.41) is 9.25. The quantitative estimate of drug-likeness (QED) is 0.444. The highest BCUT2D eigenvalue weighted by molar-refractivity contribution is 4.94. The molecule has 11 heavy (non-hydrogen) atoms. The smallest absolute Gasteiger partial charge is 0.141 e. The van der Waals surface area contributed by atoms with Crippen molar-refractivity contribution in [3.05, 3.63) is 0 Å². The van der Waals surface area contributed by atoms with Gasteiger partial charge in [-0.2, -0.15) is 0 Å². The van der Waals surface area contributed by atoms with Crippen molar-refractivity contribution in [3.63, 3.8) is 0 Å². The van der Waals surface area contributed by atoms with Crippen LogP contribution in [0.2, 0.25) is 0 Å². The number of alkyl halides is 1. The summed E-state index contributed by atoms with van der Waals surface area (Å²) in [7, 11) is 0. The molecular formula is C7H15FN2O. The molecule has 5 N–H and O–H groups in total. The van der Waals surface area contributed by atoms with Crippen LogP contribution in [0.25, 0.3) is 0 Å². The first-order valence-corrected chi connectivity index (χ1v) is 3.87. The van der Waals surface area contributed by atoms with Crippen LogP contribution in [0.1, 0.15) is 13.3 Å². The third-order valence-corrected chi connectivity index (χ3v) is 2.49. The van der Waals surface area contributed by atoms with Gasteiger partial charge >= 0.3 is 0 Å². The van der Waals surface area contributed by atoms with E-state index < -0.39 is 18.3 Å². The lowest BCUT2D eigenvalue weighted by Gasteiger charge is -2.36. The van der Waals surface area contributed by atoms with Crippen LogP contribution in [0.3, 0.4) is 0 Å². The summed E-state index contributed by atoms with van der Waals surface area (Å²) in [6.45, 7) is 1.74. The SMILES string of the molecule is C[C@H]1[C@H](O)[C@@H](F)[C@H](N)C[C@@H]1N. The topological polar surface area (TPSA) is 72.3 Å². The van der Waals surface area contributed by atoms with Crippen LogP contribution in [0.15, 0.2) is 0 Å². The molecule has 1 aliphatic carbocycles. The predicted molar refractivity (Wildman–Crippen MR) is 40.6 cm³/mol. The minimum absolute atomic E-state index is 0.174. The zero-order valence-corrected chi connectivity index (χ0v) is 6.57. The number of hydrogen-bond acceptors (Lipinski definition) is 3. The van der Waals surface area contributed by atoms with Gasteiger partial charge in [0.25, 0.3) is 0 Å². The van der Waals surface area contributed by atoms with Crippen molar-refractivity contribution in [3.8, 4) is 0 Å². The summed E-state index contributed by atoms with van der Waals surface area (Å²) < 4.78 is 13.0. The summed E-state index contributed by atoms with van der Waals surface area (Å²) in [6.07, 6.45) is -1.85. The van der Waals surface area contributed by atoms with E-state index >= 15 is 0 Å². The molecule has 0 aromatic carbocycles. The van der Waals surface area contributed by atoms with Gasteiger partial charge in [-0.25, -0.2) is 4.39 Å². The lowest BCUT2D eigenvalue weighted by Crippen LogP contribution is -2.55. The first kappa shape index (κ1) is 8.90. The van der Waals surface area contributed by atoms with Gasteiger partial charge in [0, 0.05) is 18.0 Å². The molecular weight excluding hydrogens is 147 g/mol. The van der Waals surface area contributed by atoms with E-state index in [9.17, 15) is 9.50 Å². The molecule has 0 saturated heterocycles. The highest BCUT2D eigenvalue weighted by atomic mass is 19.1. The van der Waals surface area contributed by atoms with Crippen LogP contribution in [0.4, 0.5) is 4.39 Å². The van der Waals surface area contributed by atoms with Crippen LogP contribution in [0, 0.1) is 5.92 Å². The van der Waals surface area contributed by atoms with Crippen molar-refractivity contribution in [2.24, 2.45) is 17.4 Å². The van der Waals surface area contributed by atoms with Gasteiger partial charge < -0.3 is 16.6 Å². The van der Waals surface area contributed by atoms with Crippen molar-refractivity contribution >= 4 is 0 Å². The molecule has 1 rings (SSSR count). The molecule has 0 heterocycles. The van der Waals surface area contributed by atoms with Crippen molar-refractivity contribution in [1.29, 1.82) is 0 Å². The normalized spacial score (nSPS) is 52.6. The van der Waals surface area contributed by atoms with E-state index in [1.54, 1.807) is 6.92 Å². The van der Waals surface area contributed by atoms with E-state index in [2.05, 4.69) is 0 Å². The third-order valence-electron chi connectivity index (χ3n) is 2.49. The minimum Gasteiger partial charge on any atom is -0.390 e. The third kappa shape index (κ3) is 1.52. The molecule has 1 aliphatic rings. The van der Waals surface area contributed by atoms with E-state index in [4.69, 9.17) is 11.5 Å². The van der Waals surface area contributed by atoms with E-state index in [1.165, 1.54) is 0 Å². The zero-order chi connectivity index (χ0) is 8.59. The van der Waals surface area contributed by atoms with Crippen LogP contribution in [-0.2, 0) is 0 Å². The molecule has 0 unspecified atom stereocenters. The Morgan fingerprint density at radius 3 is 2.45 bits per heavy atom. The van der Waals surface area contributed by atoms with Crippen LogP contribution < -0.4 is 11.5 Å². The van der Waals surface area contributed by atoms with Gasteiger partial charge in [-0.3, -0.25) is 0 Å². The van der Waals surface area contributed by atoms with E-state index in [1.807, 2.05) is 0 Å². The maximum absolute atomic E-state index is 13.0. The van der Waals surface area contributed by atoms with Crippen LogP contribution in [-0.4, -0.2) is 29.5 Å². The first-order chi connectivity index (χ1) is 5.04. The molecule has 0 aliphatic heterocycles. The molecule has 4 heteroatoms. The number of aliphatic hydroxyl groups excluding tert-OH is 1. The Morgan fingerprint density at radius 2 is 1.91 bits per heavy atom. The molecule has 0 aromatic heterocycles. The minimum atomic E-state index is -1.32.